The molecule has 1 unspecified atom stereocenters. The van der Waals surface area contributed by atoms with Gasteiger partial charge < -0.3 is 20.0 Å². The molecule has 0 spiro atoms. The summed E-state index contributed by atoms with van der Waals surface area (Å²) in [6.45, 7) is 8.94. The van der Waals surface area contributed by atoms with Crippen molar-refractivity contribution >= 4 is 29.0 Å². The molecule has 2 heterocycles. The van der Waals surface area contributed by atoms with Crippen LogP contribution in [0.4, 0.5) is 11.4 Å². The van der Waals surface area contributed by atoms with Crippen molar-refractivity contribution in [3.8, 4) is 0 Å². The molecule has 1 aliphatic heterocycles. The third-order valence-electron chi connectivity index (χ3n) is 4.88. The van der Waals surface area contributed by atoms with Crippen molar-refractivity contribution < 1.29 is 18.8 Å². The molecule has 0 saturated carbocycles. The number of amides is 2. The van der Waals surface area contributed by atoms with Gasteiger partial charge in [-0.25, -0.2) is 0 Å². The fourth-order valence-electron chi connectivity index (χ4n) is 3.34. The first-order valence-corrected chi connectivity index (χ1v) is 9.58. The molecule has 2 amide bonds. The lowest BCUT2D eigenvalue weighted by atomic mass is 9.94. The van der Waals surface area contributed by atoms with Crippen LogP contribution < -0.4 is 15.5 Å². The molecule has 0 bridgehead atoms. The molecule has 1 aliphatic rings. The van der Waals surface area contributed by atoms with Crippen LogP contribution in [0.15, 0.2) is 34.7 Å². The Morgan fingerprint density at radius 1 is 1.14 bits per heavy atom. The molecule has 0 radical (unpaired) electrons. The normalized spacial score (nSPS) is 17.2. The molecule has 2 N–H and O–H groups in total. The van der Waals surface area contributed by atoms with Crippen molar-refractivity contribution in [2.45, 2.75) is 40.7 Å². The van der Waals surface area contributed by atoms with Crippen molar-refractivity contribution in [3.63, 3.8) is 0 Å². The maximum absolute atomic E-state index is 13.1. The number of carbonyl (C=O) groups is 3. The molecule has 7 heteroatoms. The number of hydrogen-bond acceptors (Lipinski definition) is 5. The average Bonchev–Trinajstić information content (AvgIpc) is 3.05. The van der Waals surface area contributed by atoms with E-state index in [1.54, 1.807) is 36.1 Å². The summed E-state index contributed by atoms with van der Waals surface area (Å²) in [6.07, 6.45) is 0. The summed E-state index contributed by atoms with van der Waals surface area (Å²) in [5.74, 6) is -0.0736. The molecule has 1 aromatic carbocycles. The summed E-state index contributed by atoms with van der Waals surface area (Å²) >= 11 is 0. The molecule has 0 fully saturated rings. The predicted octanol–water partition coefficient (Wildman–Crippen LogP) is 2.83. The molecule has 0 aliphatic carbocycles. The molecule has 1 aromatic heterocycles. The number of hydrogen-bond donors (Lipinski definition) is 1. The SMILES string of the molecule is Cc1ccc2c(c1)N(CC(=O)c1ccc(C)o1)C(=O)C(N)CN2C(=O)C(C)(C)C. The summed E-state index contributed by atoms with van der Waals surface area (Å²) in [7, 11) is 0. The summed E-state index contributed by atoms with van der Waals surface area (Å²) in [5.41, 5.74) is 7.48. The summed E-state index contributed by atoms with van der Waals surface area (Å²) in [6, 6.07) is 7.82. The number of ketones is 1. The number of rotatable bonds is 3. The highest BCUT2D eigenvalue weighted by molar-refractivity contribution is 6.11. The van der Waals surface area contributed by atoms with Gasteiger partial charge in [-0.1, -0.05) is 26.8 Å². The van der Waals surface area contributed by atoms with Gasteiger partial charge in [-0.15, -0.1) is 0 Å². The zero-order valence-electron chi connectivity index (χ0n) is 17.5. The van der Waals surface area contributed by atoms with Crippen LogP contribution in [0.1, 0.15) is 42.6 Å². The van der Waals surface area contributed by atoms with Crippen LogP contribution in [0, 0.1) is 19.3 Å². The quantitative estimate of drug-likeness (QED) is 0.804. The van der Waals surface area contributed by atoms with E-state index in [1.165, 1.54) is 4.90 Å². The number of furan rings is 1. The fraction of sp³-hybridized carbons (Fsp3) is 0.409. The fourth-order valence-corrected chi connectivity index (χ4v) is 3.34. The van der Waals surface area contributed by atoms with E-state index < -0.39 is 17.4 Å². The lowest BCUT2D eigenvalue weighted by Crippen LogP contribution is -2.50. The summed E-state index contributed by atoms with van der Waals surface area (Å²) < 4.78 is 5.41. The minimum Gasteiger partial charge on any atom is -0.458 e. The lowest BCUT2D eigenvalue weighted by Gasteiger charge is -2.30. The van der Waals surface area contributed by atoms with Gasteiger partial charge in [0.25, 0.3) is 0 Å². The molecular weight excluding hydrogens is 370 g/mol. The number of anilines is 2. The Labute approximate surface area is 170 Å². The van der Waals surface area contributed by atoms with Crippen LogP contribution in [0.25, 0.3) is 0 Å². The Morgan fingerprint density at radius 2 is 1.83 bits per heavy atom. The van der Waals surface area contributed by atoms with Gasteiger partial charge in [0.05, 0.1) is 24.5 Å². The highest BCUT2D eigenvalue weighted by Gasteiger charge is 2.38. The summed E-state index contributed by atoms with van der Waals surface area (Å²) in [5, 5.41) is 0. The van der Waals surface area contributed by atoms with Crippen LogP contribution in [-0.4, -0.2) is 36.7 Å². The van der Waals surface area contributed by atoms with Gasteiger partial charge in [0.2, 0.25) is 17.6 Å². The monoisotopic (exact) mass is 397 g/mol. The predicted molar refractivity (Wildman–Crippen MR) is 111 cm³/mol. The van der Waals surface area contributed by atoms with Gasteiger partial charge >= 0.3 is 0 Å². The second-order valence-electron chi connectivity index (χ2n) is 8.52. The van der Waals surface area contributed by atoms with Crippen LogP contribution in [0.5, 0.6) is 0 Å². The van der Waals surface area contributed by atoms with Gasteiger partial charge in [-0.3, -0.25) is 14.4 Å². The van der Waals surface area contributed by atoms with Gasteiger partial charge in [0.15, 0.2) is 5.76 Å². The highest BCUT2D eigenvalue weighted by Crippen LogP contribution is 2.36. The number of nitrogens with zero attached hydrogens (tertiary/aromatic N) is 2. The van der Waals surface area contributed by atoms with E-state index in [9.17, 15) is 14.4 Å². The Bertz CT molecular complexity index is 971. The van der Waals surface area contributed by atoms with E-state index in [0.717, 1.165) is 5.56 Å². The zero-order valence-corrected chi connectivity index (χ0v) is 17.5. The van der Waals surface area contributed by atoms with Crippen molar-refractivity contribution in [3.05, 3.63) is 47.4 Å². The molecule has 3 rings (SSSR count). The van der Waals surface area contributed by atoms with E-state index in [2.05, 4.69) is 0 Å². The van der Waals surface area contributed by atoms with E-state index in [-0.39, 0.29) is 30.5 Å². The standard InChI is InChI=1S/C22H27N3O4/c1-13-6-8-16-17(10-13)24(12-18(26)19-9-7-14(2)29-19)20(27)15(23)11-25(16)21(28)22(3,4)5/h6-10,15H,11-12,23H2,1-5H3. The Kier molecular flexibility index (Phi) is 5.36. The third kappa shape index (κ3) is 4.10. The van der Waals surface area contributed by atoms with Crippen molar-refractivity contribution in [1.82, 2.24) is 0 Å². The number of benzene rings is 1. The lowest BCUT2D eigenvalue weighted by molar-refractivity contribution is -0.125. The Balaban J connectivity index is 2.07. The van der Waals surface area contributed by atoms with Gasteiger partial charge in [-0.05, 0) is 43.7 Å². The maximum Gasteiger partial charge on any atom is 0.246 e. The maximum atomic E-state index is 13.1. The Hall–Kier alpha value is -2.93. The first-order chi connectivity index (χ1) is 13.5. The van der Waals surface area contributed by atoms with E-state index >= 15 is 0 Å². The second-order valence-corrected chi connectivity index (χ2v) is 8.52. The van der Waals surface area contributed by atoms with Gasteiger partial charge in [-0.2, -0.15) is 0 Å². The van der Waals surface area contributed by atoms with Gasteiger partial charge in [0, 0.05) is 5.41 Å². The molecule has 29 heavy (non-hydrogen) atoms. The number of aryl methyl sites for hydroxylation is 2. The van der Waals surface area contributed by atoms with Crippen molar-refractivity contribution in [2.75, 3.05) is 22.9 Å². The van der Waals surface area contributed by atoms with Crippen LogP contribution in [0.3, 0.4) is 0 Å². The molecule has 1 atom stereocenters. The van der Waals surface area contributed by atoms with Crippen LogP contribution >= 0.6 is 0 Å². The minimum absolute atomic E-state index is 0.0511. The van der Waals surface area contributed by atoms with Crippen LogP contribution in [0.2, 0.25) is 0 Å². The molecule has 2 aromatic rings. The van der Waals surface area contributed by atoms with Crippen molar-refractivity contribution in [1.29, 1.82) is 0 Å². The highest BCUT2D eigenvalue weighted by atomic mass is 16.3. The number of Topliss-reactive ketones (excluding diaryl/α,β-unsaturated/α-hetero) is 1. The average molecular weight is 397 g/mol. The number of fused-ring (bicyclic) bond motifs is 1. The number of carbonyl (C=O) groups excluding carboxylic acids is 3. The van der Waals surface area contributed by atoms with E-state index in [0.29, 0.717) is 17.1 Å². The number of nitrogens with two attached hydrogens (primary N) is 1. The molecule has 154 valence electrons. The first kappa shape index (κ1) is 20.8. The topological polar surface area (TPSA) is 96.8 Å². The third-order valence-corrected chi connectivity index (χ3v) is 4.88. The first-order valence-electron chi connectivity index (χ1n) is 9.58. The summed E-state index contributed by atoms with van der Waals surface area (Å²) in [4.78, 5) is 41.8. The zero-order chi connectivity index (χ0) is 21.5. The Morgan fingerprint density at radius 3 is 2.41 bits per heavy atom. The van der Waals surface area contributed by atoms with E-state index in [4.69, 9.17) is 10.2 Å². The van der Waals surface area contributed by atoms with Crippen LogP contribution in [-0.2, 0) is 9.59 Å². The molecule has 0 saturated heterocycles. The second kappa shape index (κ2) is 7.48. The largest absolute Gasteiger partial charge is 0.458 e. The smallest absolute Gasteiger partial charge is 0.246 e. The van der Waals surface area contributed by atoms with Gasteiger partial charge in [0.1, 0.15) is 11.8 Å². The van der Waals surface area contributed by atoms with E-state index in [1.807, 2.05) is 33.8 Å². The molecule has 7 nitrogen and oxygen atoms in total. The molecular formula is C22H27N3O4. The van der Waals surface area contributed by atoms with Crippen molar-refractivity contribution in [2.24, 2.45) is 11.1 Å². The minimum atomic E-state index is -0.944.